The number of amides is 1. The van der Waals surface area contributed by atoms with E-state index in [1.54, 1.807) is 0 Å². The molecular weight excluding hydrogens is 224 g/mol. The topological polar surface area (TPSA) is 41.1 Å². The molecule has 2 aliphatic carbocycles. The van der Waals surface area contributed by atoms with Crippen molar-refractivity contribution in [2.75, 3.05) is 6.54 Å². The lowest BCUT2D eigenvalue weighted by Crippen LogP contribution is -2.58. The maximum atomic E-state index is 11.9. The molecular formula is C15H26N2O. The lowest BCUT2D eigenvalue weighted by atomic mass is 9.68. The highest BCUT2D eigenvalue weighted by Gasteiger charge is 2.59. The molecule has 0 radical (unpaired) electrons. The van der Waals surface area contributed by atoms with Gasteiger partial charge in [0.15, 0.2) is 0 Å². The third kappa shape index (κ3) is 1.70. The van der Waals surface area contributed by atoms with Crippen LogP contribution in [0.15, 0.2) is 0 Å². The molecule has 0 aromatic heterocycles. The van der Waals surface area contributed by atoms with Crippen LogP contribution in [0.5, 0.6) is 0 Å². The molecule has 2 N–H and O–H groups in total. The highest BCUT2D eigenvalue weighted by molar-refractivity contribution is 5.82. The van der Waals surface area contributed by atoms with Crippen molar-refractivity contribution in [1.29, 1.82) is 0 Å². The zero-order valence-electron chi connectivity index (χ0n) is 11.9. The molecule has 18 heavy (non-hydrogen) atoms. The molecule has 1 saturated heterocycles. The summed E-state index contributed by atoms with van der Waals surface area (Å²) in [7, 11) is 0. The van der Waals surface area contributed by atoms with Gasteiger partial charge in [-0.1, -0.05) is 20.8 Å². The van der Waals surface area contributed by atoms with Crippen molar-refractivity contribution in [1.82, 2.24) is 10.6 Å². The predicted octanol–water partition coefficient (Wildman–Crippen LogP) is 2.07. The van der Waals surface area contributed by atoms with E-state index in [9.17, 15) is 4.79 Å². The highest BCUT2D eigenvalue weighted by atomic mass is 16.2. The maximum absolute atomic E-state index is 11.9. The van der Waals surface area contributed by atoms with Crippen LogP contribution in [0.4, 0.5) is 0 Å². The number of piperidine rings is 1. The Labute approximate surface area is 110 Å². The molecule has 1 aliphatic heterocycles. The zero-order valence-corrected chi connectivity index (χ0v) is 11.9. The first-order valence-electron chi connectivity index (χ1n) is 7.47. The minimum Gasteiger partial charge on any atom is -0.355 e. The molecule has 2 saturated carbocycles. The molecule has 2 unspecified atom stereocenters. The Bertz CT molecular complexity index is 361. The molecule has 0 aromatic carbocycles. The monoisotopic (exact) mass is 250 g/mol. The minimum absolute atomic E-state index is 0.0409. The molecule has 3 aliphatic rings. The van der Waals surface area contributed by atoms with E-state index >= 15 is 0 Å². The minimum atomic E-state index is 0.0409. The SMILES string of the molecule is CC1(C)C(NC2CCCNC2=O)[C@]2(C)CC[C@H]1C2. The van der Waals surface area contributed by atoms with E-state index in [1.807, 2.05) is 0 Å². The molecule has 102 valence electrons. The van der Waals surface area contributed by atoms with Gasteiger partial charge in [-0.3, -0.25) is 4.79 Å². The van der Waals surface area contributed by atoms with E-state index in [4.69, 9.17) is 0 Å². The second kappa shape index (κ2) is 3.96. The van der Waals surface area contributed by atoms with E-state index in [2.05, 4.69) is 31.4 Å². The van der Waals surface area contributed by atoms with Crippen molar-refractivity contribution >= 4 is 5.91 Å². The van der Waals surface area contributed by atoms with Crippen LogP contribution in [0.2, 0.25) is 0 Å². The van der Waals surface area contributed by atoms with Gasteiger partial charge in [0.2, 0.25) is 5.91 Å². The van der Waals surface area contributed by atoms with Crippen molar-refractivity contribution in [2.45, 2.75) is 65.0 Å². The Hall–Kier alpha value is -0.570. The van der Waals surface area contributed by atoms with E-state index in [-0.39, 0.29) is 11.9 Å². The van der Waals surface area contributed by atoms with Crippen LogP contribution >= 0.6 is 0 Å². The number of carbonyl (C=O) groups excluding carboxylic acids is 1. The predicted molar refractivity (Wildman–Crippen MR) is 72.2 cm³/mol. The summed E-state index contributed by atoms with van der Waals surface area (Å²) in [5, 5.41) is 6.71. The molecule has 3 fully saturated rings. The first-order chi connectivity index (χ1) is 8.43. The van der Waals surface area contributed by atoms with E-state index < -0.39 is 0 Å². The van der Waals surface area contributed by atoms with E-state index in [0.29, 0.717) is 16.9 Å². The van der Waals surface area contributed by atoms with Crippen molar-refractivity contribution in [3.63, 3.8) is 0 Å². The number of fused-ring (bicyclic) bond motifs is 2. The van der Waals surface area contributed by atoms with Crippen LogP contribution in [0.1, 0.15) is 52.9 Å². The Morgan fingerprint density at radius 1 is 1.28 bits per heavy atom. The van der Waals surface area contributed by atoms with Gasteiger partial charge in [-0.2, -0.15) is 0 Å². The summed E-state index contributed by atoms with van der Waals surface area (Å²) in [6.45, 7) is 8.05. The summed E-state index contributed by atoms with van der Waals surface area (Å²) in [6, 6.07) is 0.539. The molecule has 1 heterocycles. The average Bonchev–Trinajstić information content (AvgIpc) is 2.78. The lowest BCUT2D eigenvalue weighted by Gasteiger charge is -2.45. The first kappa shape index (κ1) is 12.5. The Morgan fingerprint density at radius 2 is 2.06 bits per heavy atom. The van der Waals surface area contributed by atoms with Crippen LogP contribution in [-0.2, 0) is 4.79 Å². The van der Waals surface area contributed by atoms with Gasteiger partial charge in [0.1, 0.15) is 0 Å². The van der Waals surface area contributed by atoms with Crippen LogP contribution in [0.25, 0.3) is 0 Å². The molecule has 0 aromatic rings. The van der Waals surface area contributed by atoms with Crippen molar-refractivity contribution < 1.29 is 4.79 Å². The van der Waals surface area contributed by atoms with Crippen LogP contribution < -0.4 is 10.6 Å². The smallest absolute Gasteiger partial charge is 0.237 e. The van der Waals surface area contributed by atoms with Gasteiger partial charge < -0.3 is 10.6 Å². The van der Waals surface area contributed by atoms with Crippen LogP contribution in [-0.4, -0.2) is 24.5 Å². The number of nitrogens with one attached hydrogen (secondary N) is 2. The van der Waals surface area contributed by atoms with Gasteiger partial charge >= 0.3 is 0 Å². The number of rotatable bonds is 2. The van der Waals surface area contributed by atoms with Gasteiger partial charge in [-0.25, -0.2) is 0 Å². The fraction of sp³-hybridized carbons (Fsp3) is 0.933. The van der Waals surface area contributed by atoms with Crippen LogP contribution in [0, 0.1) is 16.7 Å². The largest absolute Gasteiger partial charge is 0.355 e. The second-order valence-electron chi connectivity index (χ2n) is 7.50. The Kier molecular flexibility index (Phi) is 2.74. The van der Waals surface area contributed by atoms with E-state index in [0.717, 1.165) is 25.3 Å². The quantitative estimate of drug-likeness (QED) is 0.788. The lowest BCUT2D eigenvalue weighted by molar-refractivity contribution is -0.125. The molecule has 0 spiro atoms. The standard InChI is InChI=1S/C15H26N2O/c1-14(2)10-6-7-15(3,9-10)13(14)17-11-5-4-8-16-12(11)18/h10-11,13,17H,4-9H2,1-3H3,(H,16,18)/t10-,11?,13?,15+/m0/s1. The Morgan fingerprint density at radius 3 is 2.67 bits per heavy atom. The fourth-order valence-corrected chi connectivity index (χ4v) is 4.85. The molecule has 4 atom stereocenters. The fourth-order valence-electron chi connectivity index (χ4n) is 4.85. The third-order valence-electron chi connectivity index (χ3n) is 5.92. The van der Waals surface area contributed by atoms with Crippen molar-refractivity contribution in [3.05, 3.63) is 0 Å². The highest BCUT2D eigenvalue weighted by Crippen LogP contribution is 2.62. The molecule has 2 bridgehead atoms. The number of hydrogen-bond acceptors (Lipinski definition) is 2. The van der Waals surface area contributed by atoms with E-state index in [1.165, 1.54) is 19.3 Å². The van der Waals surface area contributed by atoms with Crippen LogP contribution in [0.3, 0.4) is 0 Å². The number of carbonyl (C=O) groups is 1. The van der Waals surface area contributed by atoms with Crippen molar-refractivity contribution in [3.8, 4) is 0 Å². The Balaban J connectivity index is 1.77. The zero-order chi connectivity index (χ0) is 13.0. The third-order valence-corrected chi connectivity index (χ3v) is 5.92. The molecule has 1 amide bonds. The van der Waals surface area contributed by atoms with Gasteiger partial charge in [0.05, 0.1) is 6.04 Å². The first-order valence-corrected chi connectivity index (χ1v) is 7.47. The van der Waals surface area contributed by atoms with Gasteiger partial charge in [0, 0.05) is 12.6 Å². The van der Waals surface area contributed by atoms with Gasteiger partial charge in [0.25, 0.3) is 0 Å². The average molecular weight is 250 g/mol. The van der Waals surface area contributed by atoms with Gasteiger partial charge in [-0.15, -0.1) is 0 Å². The normalized spacial score (nSPS) is 46.2. The molecule has 3 heteroatoms. The summed E-state index contributed by atoms with van der Waals surface area (Å²) >= 11 is 0. The molecule has 3 rings (SSSR count). The maximum Gasteiger partial charge on any atom is 0.237 e. The summed E-state index contributed by atoms with van der Waals surface area (Å²) in [5.74, 6) is 1.05. The number of hydrogen-bond donors (Lipinski definition) is 2. The summed E-state index contributed by atoms with van der Waals surface area (Å²) in [5.41, 5.74) is 0.747. The molecule has 3 nitrogen and oxygen atoms in total. The summed E-state index contributed by atoms with van der Waals surface area (Å²) < 4.78 is 0. The second-order valence-corrected chi connectivity index (χ2v) is 7.50. The van der Waals surface area contributed by atoms with Crippen molar-refractivity contribution in [2.24, 2.45) is 16.7 Å². The summed E-state index contributed by atoms with van der Waals surface area (Å²) in [4.78, 5) is 11.9. The van der Waals surface area contributed by atoms with Gasteiger partial charge in [-0.05, 0) is 48.9 Å². The summed E-state index contributed by atoms with van der Waals surface area (Å²) in [6.07, 6.45) is 6.15.